The molecule has 0 spiro atoms. The van der Waals surface area contributed by atoms with E-state index in [9.17, 15) is 8.78 Å². The molecule has 106 valence electrons. The molecule has 1 aromatic carbocycles. The smallest absolute Gasteiger partial charge is 0.142 e. The van der Waals surface area contributed by atoms with Crippen molar-refractivity contribution in [2.24, 2.45) is 5.84 Å². The van der Waals surface area contributed by atoms with Crippen LogP contribution in [0.15, 0.2) is 30.6 Å². The molecule has 0 saturated heterocycles. The van der Waals surface area contributed by atoms with Gasteiger partial charge >= 0.3 is 0 Å². The number of aryl methyl sites for hydroxylation is 1. The zero-order valence-corrected chi connectivity index (χ0v) is 11.2. The number of pyridine rings is 1. The highest BCUT2D eigenvalue weighted by Gasteiger charge is 2.24. The summed E-state index contributed by atoms with van der Waals surface area (Å²) in [5, 5.41) is 0. The molecule has 1 aromatic heterocycles. The van der Waals surface area contributed by atoms with Gasteiger partial charge in [0, 0.05) is 17.3 Å². The maximum Gasteiger partial charge on any atom is 0.142 e. The van der Waals surface area contributed by atoms with Crippen molar-refractivity contribution in [3.05, 3.63) is 58.9 Å². The third-order valence-electron chi connectivity index (χ3n) is 3.12. The number of nitrogens with two attached hydrogens (primary N) is 1. The predicted octanol–water partition coefficient (Wildman–Crippen LogP) is 2.23. The van der Waals surface area contributed by atoms with Crippen LogP contribution in [0.3, 0.4) is 0 Å². The molecule has 0 radical (unpaired) electrons. The SMILES string of the molecule is COc1cnccc1C(NN)c1c(F)ccc(C)c1F. The molecule has 1 unspecified atom stereocenters. The second-order valence-electron chi connectivity index (χ2n) is 4.31. The van der Waals surface area contributed by atoms with Crippen molar-refractivity contribution in [2.75, 3.05) is 7.11 Å². The lowest BCUT2D eigenvalue weighted by Gasteiger charge is -2.20. The van der Waals surface area contributed by atoms with Crippen LogP contribution < -0.4 is 16.0 Å². The summed E-state index contributed by atoms with van der Waals surface area (Å²) in [5.74, 6) is 4.58. The summed E-state index contributed by atoms with van der Waals surface area (Å²) in [4.78, 5) is 3.91. The van der Waals surface area contributed by atoms with Gasteiger partial charge < -0.3 is 4.74 Å². The number of methoxy groups -OCH3 is 1. The Bertz CT molecular complexity index is 619. The van der Waals surface area contributed by atoms with Crippen molar-refractivity contribution in [3.8, 4) is 5.75 Å². The number of ether oxygens (including phenoxy) is 1. The number of halogens is 2. The Balaban J connectivity index is 2.62. The third kappa shape index (κ3) is 2.48. The summed E-state index contributed by atoms with van der Waals surface area (Å²) >= 11 is 0. The maximum absolute atomic E-state index is 14.2. The third-order valence-corrected chi connectivity index (χ3v) is 3.12. The summed E-state index contributed by atoms with van der Waals surface area (Å²) in [5.41, 5.74) is 3.14. The number of aromatic nitrogens is 1. The fraction of sp³-hybridized carbons (Fsp3) is 0.214. The first kappa shape index (κ1) is 14.4. The van der Waals surface area contributed by atoms with E-state index in [1.54, 1.807) is 13.0 Å². The van der Waals surface area contributed by atoms with Gasteiger partial charge in [-0.25, -0.2) is 14.2 Å². The molecule has 4 nitrogen and oxygen atoms in total. The van der Waals surface area contributed by atoms with E-state index in [1.807, 2.05) is 0 Å². The lowest BCUT2D eigenvalue weighted by Crippen LogP contribution is -2.31. The predicted molar refractivity (Wildman–Crippen MR) is 71.1 cm³/mol. The van der Waals surface area contributed by atoms with Crippen molar-refractivity contribution >= 4 is 0 Å². The van der Waals surface area contributed by atoms with Crippen LogP contribution in [0, 0.1) is 18.6 Å². The molecule has 0 aliphatic rings. The second-order valence-corrected chi connectivity index (χ2v) is 4.31. The molecule has 0 saturated carbocycles. The van der Waals surface area contributed by atoms with E-state index in [0.717, 1.165) is 0 Å². The van der Waals surface area contributed by atoms with Gasteiger partial charge in [0.15, 0.2) is 0 Å². The minimum atomic E-state index is -0.868. The van der Waals surface area contributed by atoms with Crippen LogP contribution in [-0.4, -0.2) is 12.1 Å². The number of nitrogens with one attached hydrogen (secondary N) is 1. The molecule has 2 aromatic rings. The van der Waals surface area contributed by atoms with E-state index in [0.29, 0.717) is 16.9 Å². The van der Waals surface area contributed by atoms with Gasteiger partial charge in [-0.05, 0) is 24.6 Å². The average molecular weight is 279 g/mol. The molecule has 3 N–H and O–H groups in total. The topological polar surface area (TPSA) is 60.2 Å². The molecule has 0 bridgehead atoms. The quantitative estimate of drug-likeness (QED) is 0.665. The average Bonchev–Trinajstić information content (AvgIpc) is 2.47. The summed E-state index contributed by atoms with van der Waals surface area (Å²) in [6, 6.07) is 3.33. The Kier molecular flexibility index (Phi) is 4.26. The first-order valence-corrected chi connectivity index (χ1v) is 5.98. The molecule has 20 heavy (non-hydrogen) atoms. The van der Waals surface area contributed by atoms with Crippen LogP contribution >= 0.6 is 0 Å². The van der Waals surface area contributed by atoms with Crippen molar-refractivity contribution in [3.63, 3.8) is 0 Å². The fourth-order valence-corrected chi connectivity index (χ4v) is 2.07. The summed E-state index contributed by atoms with van der Waals surface area (Å²) in [6.07, 6.45) is 2.97. The molecule has 0 aliphatic heterocycles. The van der Waals surface area contributed by atoms with Crippen LogP contribution in [0.5, 0.6) is 5.75 Å². The Labute approximate surface area is 115 Å². The minimum absolute atomic E-state index is 0.142. The van der Waals surface area contributed by atoms with Gasteiger partial charge in [-0.15, -0.1) is 0 Å². The lowest BCUT2D eigenvalue weighted by molar-refractivity contribution is 0.399. The van der Waals surface area contributed by atoms with Gasteiger partial charge in [-0.3, -0.25) is 10.8 Å². The van der Waals surface area contributed by atoms with E-state index < -0.39 is 17.7 Å². The molecule has 1 heterocycles. The standard InChI is InChI=1S/C14H15F2N3O/c1-8-3-4-10(15)12(13(8)16)14(19-17)9-5-6-18-7-11(9)20-2/h3-7,14,19H,17H2,1-2H3. The van der Waals surface area contributed by atoms with Crippen LogP contribution in [0.25, 0.3) is 0 Å². The number of hydrogen-bond donors (Lipinski definition) is 2. The van der Waals surface area contributed by atoms with Crippen molar-refractivity contribution < 1.29 is 13.5 Å². The summed E-state index contributed by atoms with van der Waals surface area (Å²) in [7, 11) is 1.46. The zero-order valence-electron chi connectivity index (χ0n) is 11.2. The molecule has 1 atom stereocenters. The van der Waals surface area contributed by atoms with Crippen LogP contribution in [-0.2, 0) is 0 Å². The molecule has 0 amide bonds. The summed E-state index contributed by atoms with van der Waals surface area (Å²) in [6.45, 7) is 1.57. The zero-order chi connectivity index (χ0) is 14.7. The van der Waals surface area contributed by atoms with Crippen molar-refractivity contribution in [1.82, 2.24) is 10.4 Å². The van der Waals surface area contributed by atoms with Crippen LogP contribution in [0.4, 0.5) is 8.78 Å². The fourth-order valence-electron chi connectivity index (χ4n) is 2.07. The molecule has 0 aliphatic carbocycles. The molecular formula is C14H15F2N3O. The largest absolute Gasteiger partial charge is 0.495 e. The Hall–Kier alpha value is -2.05. The second kappa shape index (κ2) is 5.94. The lowest BCUT2D eigenvalue weighted by atomic mass is 9.96. The highest BCUT2D eigenvalue weighted by atomic mass is 19.1. The Morgan fingerprint density at radius 1 is 1.30 bits per heavy atom. The summed E-state index contributed by atoms with van der Waals surface area (Å²) < 4.78 is 33.4. The first-order chi connectivity index (χ1) is 9.60. The highest BCUT2D eigenvalue weighted by molar-refractivity contribution is 5.41. The van der Waals surface area contributed by atoms with E-state index in [2.05, 4.69) is 10.4 Å². The minimum Gasteiger partial charge on any atom is -0.495 e. The van der Waals surface area contributed by atoms with Gasteiger partial charge in [0.1, 0.15) is 17.4 Å². The first-order valence-electron chi connectivity index (χ1n) is 5.98. The Morgan fingerprint density at radius 2 is 2.05 bits per heavy atom. The normalized spacial score (nSPS) is 12.2. The number of benzene rings is 1. The molecule has 0 fully saturated rings. The number of hydrogen-bond acceptors (Lipinski definition) is 4. The van der Waals surface area contributed by atoms with E-state index in [1.165, 1.54) is 31.6 Å². The van der Waals surface area contributed by atoms with E-state index in [-0.39, 0.29) is 5.56 Å². The Morgan fingerprint density at radius 3 is 2.70 bits per heavy atom. The highest BCUT2D eigenvalue weighted by Crippen LogP contribution is 2.32. The van der Waals surface area contributed by atoms with E-state index >= 15 is 0 Å². The van der Waals surface area contributed by atoms with Crippen molar-refractivity contribution in [1.29, 1.82) is 0 Å². The van der Waals surface area contributed by atoms with Gasteiger partial charge in [-0.1, -0.05) is 6.07 Å². The van der Waals surface area contributed by atoms with Gasteiger partial charge in [-0.2, -0.15) is 0 Å². The maximum atomic E-state index is 14.2. The van der Waals surface area contributed by atoms with Crippen LogP contribution in [0.2, 0.25) is 0 Å². The molecule has 6 heteroatoms. The van der Waals surface area contributed by atoms with Gasteiger partial charge in [0.25, 0.3) is 0 Å². The van der Waals surface area contributed by atoms with E-state index in [4.69, 9.17) is 10.6 Å². The number of nitrogens with zero attached hydrogens (tertiary/aromatic N) is 1. The van der Waals surface area contributed by atoms with Gasteiger partial charge in [0.2, 0.25) is 0 Å². The number of rotatable bonds is 4. The molecule has 2 rings (SSSR count). The van der Waals surface area contributed by atoms with Crippen LogP contribution in [0.1, 0.15) is 22.7 Å². The van der Waals surface area contributed by atoms with Gasteiger partial charge in [0.05, 0.1) is 19.3 Å². The number of hydrazine groups is 1. The van der Waals surface area contributed by atoms with Crippen molar-refractivity contribution in [2.45, 2.75) is 13.0 Å². The monoisotopic (exact) mass is 279 g/mol. The molecular weight excluding hydrogens is 264 g/mol.